The third kappa shape index (κ3) is 2.20. The smallest absolute Gasteiger partial charge is 0.0679 e. The van der Waals surface area contributed by atoms with Crippen molar-refractivity contribution in [1.29, 1.82) is 0 Å². The van der Waals surface area contributed by atoms with Crippen LogP contribution in [-0.2, 0) is 13.5 Å². The van der Waals surface area contributed by atoms with Gasteiger partial charge in [-0.05, 0) is 56.0 Å². The SMILES string of the molecule is Cn1ncc2cc(CC3CCCNC3)ccc21. The molecule has 0 aliphatic carbocycles. The predicted octanol–water partition coefficient (Wildman–Crippen LogP) is 2.12. The van der Waals surface area contributed by atoms with Gasteiger partial charge in [-0.25, -0.2) is 0 Å². The van der Waals surface area contributed by atoms with Crippen LogP contribution in [0.2, 0.25) is 0 Å². The summed E-state index contributed by atoms with van der Waals surface area (Å²) < 4.78 is 1.93. The molecule has 1 N–H and O–H groups in total. The van der Waals surface area contributed by atoms with Gasteiger partial charge in [0.1, 0.15) is 0 Å². The third-order valence-corrected chi connectivity index (χ3v) is 3.73. The summed E-state index contributed by atoms with van der Waals surface area (Å²) in [6.07, 6.45) is 5.83. The van der Waals surface area contributed by atoms with Crippen molar-refractivity contribution in [1.82, 2.24) is 15.1 Å². The van der Waals surface area contributed by atoms with Gasteiger partial charge >= 0.3 is 0 Å². The van der Waals surface area contributed by atoms with Crippen LogP contribution in [0.3, 0.4) is 0 Å². The monoisotopic (exact) mass is 229 g/mol. The van der Waals surface area contributed by atoms with E-state index in [1.807, 2.05) is 17.9 Å². The summed E-state index contributed by atoms with van der Waals surface area (Å²) in [5.74, 6) is 0.804. The molecule has 2 heterocycles. The van der Waals surface area contributed by atoms with Crippen LogP contribution < -0.4 is 5.32 Å². The summed E-state index contributed by atoms with van der Waals surface area (Å²) in [6, 6.07) is 6.73. The normalized spacial score (nSPS) is 20.9. The highest BCUT2D eigenvalue weighted by molar-refractivity contribution is 5.79. The van der Waals surface area contributed by atoms with Crippen LogP contribution in [0.15, 0.2) is 24.4 Å². The van der Waals surface area contributed by atoms with E-state index >= 15 is 0 Å². The predicted molar refractivity (Wildman–Crippen MR) is 70.0 cm³/mol. The Morgan fingerprint density at radius 3 is 3.24 bits per heavy atom. The first-order chi connectivity index (χ1) is 8.33. The van der Waals surface area contributed by atoms with E-state index in [0.29, 0.717) is 0 Å². The van der Waals surface area contributed by atoms with Crippen molar-refractivity contribution >= 4 is 10.9 Å². The number of nitrogens with one attached hydrogen (secondary N) is 1. The van der Waals surface area contributed by atoms with Crippen molar-refractivity contribution in [2.75, 3.05) is 13.1 Å². The number of rotatable bonds is 2. The van der Waals surface area contributed by atoms with Crippen LogP contribution in [0.4, 0.5) is 0 Å². The average molecular weight is 229 g/mol. The van der Waals surface area contributed by atoms with Gasteiger partial charge in [0.2, 0.25) is 0 Å². The van der Waals surface area contributed by atoms with E-state index in [9.17, 15) is 0 Å². The number of aryl methyl sites for hydroxylation is 1. The van der Waals surface area contributed by atoms with E-state index in [4.69, 9.17) is 0 Å². The number of piperidine rings is 1. The maximum atomic E-state index is 4.29. The second-order valence-electron chi connectivity index (χ2n) is 5.08. The first kappa shape index (κ1) is 10.8. The molecule has 1 aliphatic heterocycles. The van der Waals surface area contributed by atoms with Gasteiger partial charge in [0.15, 0.2) is 0 Å². The molecule has 2 aromatic rings. The number of fused-ring (bicyclic) bond motifs is 1. The van der Waals surface area contributed by atoms with E-state index in [-0.39, 0.29) is 0 Å². The number of nitrogens with zero attached hydrogens (tertiary/aromatic N) is 2. The van der Waals surface area contributed by atoms with Crippen LogP contribution in [0.1, 0.15) is 18.4 Å². The van der Waals surface area contributed by atoms with E-state index in [1.165, 1.54) is 48.8 Å². The van der Waals surface area contributed by atoms with E-state index < -0.39 is 0 Å². The minimum Gasteiger partial charge on any atom is -0.316 e. The Hall–Kier alpha value is -1.35. The molecule has 1 aromatic carbocycles. The maximum Gasteiger partial charge on any atom is 0.0679 e. The number of hydrogen-bond acceptors (Lipinski definition) is 2. The van der Waals surface area contributed by atoms with Crippen LogP contribution >= 0.6 is 0 Å². The first-order valence-electron chi connectivity index (χ1n) is 6.44. The van der Waals surface area contributed by atoms with Crippen molar-refractivity contribution in [2.45, 2.75) is 19.3 Å². The van der Waals surface area contributed by atoms with Gasteiger partial charge in [-0.2, -0.15) is 5.10 Å². The summed E-state index contributed by atoms with van der Waals surface area (Å²) >= 11 is 0. The zero-order valence-electron chi connectivity index (χ0n) is 10.3. The molecule has 0 bridgehead atoms. The lowest BCUT2D eigenvalue weighted by molar-refractivity contribution is 0.376. The lowest BCUT2D eigenvalue weighted by Crippen LogP contribution is -2.30. The Morgan fingerprint density at radius 1 is 1.47 bits per heavy atom. The minimum atomic E-state index is 0.804. The Labute approximate surface area is 102 Å². The molecule has 1 aromatic heterocycles. The number of benzene rings is 1. The van der Waals surface area contributed by atoms with Gasteiger partial charge in [0.05, 0.1) is 11.7 Å². The summed E-state index contributed by atoms with van der Waals surface area (Å²) in [4.78, 5) is 0. The highest BCUT2D eigenvalue weighted by Crippen LogP contribution is 2.20. The summed E-state index contributed by atoms with van der Waals surface area (Å²) in [5.41, 5.74) is 2.66. The molecule has 1 saturated heterocycles. The van der Waals surface area contributed by atoms with Gasteiger partial charge in [0, 0.05) is 12.4 Å². The molecule has 3 heteroatoms. The van der Waals surface area contributed by atoms with E-state index in [1.54, 1.807) is 0 Å². The second kappa shape index (κ2) is 4.49. The molecule has 0 amide bonds. The Morgan fingerprint density at radius 2 is 2.41 bits per heavy atom. The molecule has 1 fully saturated rings. The molecular weight excluding hydrogens is 210 g/mol. The quantitative estimate of drug-likeness (QED) is 0.855. The molecule has 3 rings (SSSR count). The molecule has 1 atom stereocenters. The van der Waals surface area contributed by atoms with Crippen LogP contribution in [0.5, 0.6) is 0 Å². The van der Waals surface area contributed by atoms with Gasteiger partial charge in [-0.15, -0.1) is 0 Å². The van der Waals surface area contributed by atoms with Gasteiger partial charge in [0.25, 0.3) is 0 Å². The van der Waals surface area contributed by atoms with Crippen molar-refractivity contribution in [3.05, 3.63) is 30.0 Å². The maximum absolute atomic E-state index is 4.29. The summed E-state index contributed by atoms with van der Waals surface area (Å²) in [7, 11) is 1.99. The molecule has 17 heavy (non-hydrogen) atoms. The van der Waals surface area contributed by atoms with E-state index in [0.717, 1.165) is 5.92 Å². The molecule has 90 valence electrons. The number of aromatic nitrogens is 2. The van der Waals surface area contributed by atoms with E-state index in [2.05, 4.69) is 28.6 Å². The zero-order valence-corrected chi connectivity index (χ0v) is 10.3. The standard InChI is InChI=1S/C14H19N3/c1-17-14-5-4-11(8-13(14)10-16-17)7-12-3-2-6-15-9-12/h4-5,8,10,12,15H,2-3,6-7,9H2,1H3. The molecule has 1 unspecified atom stereocenters. The fourth-order valence-electron chi connectivity index (χ4n) is 2.77. The lowest BCUT2D eigenvalue weighted by Gasteiger charge is -2.22. The van der Waals surface area contributed by atoms with Crippen molar-refractivity contribution in [2.24, 2.45) is 13.0 Å². The van der Waals surface area contributed by atoms with Crippen molar-refractivity contribution in [3.8, 4) is 0 Å². The summed E-state index contributed by atoms with van der Waals surface area (Å²) in [6.45, 7) is 2.36. The van der Waals surface area contributed by atoms with Gasteiger partial charge in [-0.3, -0.25) is 4.68 Å². The fraction of sp³-hybridized carbons (Fsp3) is 0.500. The molecule has 1 aliphatic rings. The molecule has 0 saturated carbocycles. The van der Waals surface area contributed by atoms with Crippen LogP contribution in [0.25, 0.3) is 10.9 Å². The zero-order chi connectivity index (χ0) is 11.7. The van der Waals surface area contributed by atoms with Gasteiger partial charge in [-0.1, -0.05) is 6.07 Å². The number of hydrogen-bond donors (Lipinski definition) is 1. The minimum absolute atomic E-state index is 0.804. The second-order valence-corrected chi connectivity index (χ2v) is 5.08. The summed E-state index contributed by atoms with van der Waals surface area (Å²) in [5, 5.41) is 9.03. The lowest BCUT2D eigenvalue weighted by atomic mass is 9.92. The Bertz CT molecular complexity index is 509. The third-order valence-electron chi connectivity index (χ3n) is 3.73. The Kier molecular flexibility index (Phi) is 2.85. The molecule has 0 spiro atoms. The highest BCUT2D eigenvalue weighted by Gasteiger charge is 2.13. The van der Waals surface area contributed by atoms with Crippen LogP contribution in [0, 0.1) is 5.92 Å². The largest absolute Gasteiger partial charge is 0.316 e. The molecular formula is C14H19N3. The Balaban J connectivity index is 1.80. The highest BCUT2D eigenvalue weighted by atomic mass is 15.2. The first-order valence-corrected chi connectivity index (χ1v) is 6.44. The van der Waals surface area contributed by atoms with Crippen molar-refractivity contribution < 1.29 is 0 Å². The molecule has 3 nitrogen and oxygen atoms in total. The topological polar surface area (TPSA) is 29.9 Å². The average Bonchev–Trinajstić information content (AvgIpc) is 2.72. The van der Waals surface area contributed by atoms with Crippen LogP contribution in [-0.4, -0.2) is 22.9 Å². The fourth-order valence-corrected chi connectivity index (χ4v) is 2.77. The van der Waals surface area contributed by atoms with Crippen molar-refractivity contribution in [3.63, 3.8) is 0 Å². The molecule has 0 radical (unpaired) electrons. The van der Waals surface area contributed by atoms with Gasteiger partial charge < -0.3 is 5.32 Å².